The quantitative estimate of drug-likeness (QED) is 0.287. The maximum absolute atomic E-state index is 14.0. The summed E-state index contributed by atoms with van der Waals surface area (Å²) in [7, 11) is 1.46. The Balaban J connectivity index is 1.50. The fraction of sp³-hybridized carbons (Fsp3) is 0.192. The molecule has 0 radical (unpaired) electrons. The fourth-order valence-corrected chi connectivity index (χ4v) is 3.99. The van der Waals surface area contributed by atoms with Crippen molar-refractivity contribution in [2.75, 3.05) is 12.4 Å². The predicted molar refractivity (Wildman–Crippen MR) is 136 cm³/mol. The van der Waals surface area contributed by atoms with E-state index in [4.69, 9.17) is 9.15 Å². The number of alkyl halides is 2. The Hall–Kier alpha value is -5.07. The van der Waals surface area contributed by atoms with Crippen molar-refractivity contribution >= 4 is 23.1 Å². The smallest absolute Gasteiger partial charge is 0.280 e. The number of methoxy groups -OCH3 is 1. The second-order valence-corrected chi connectivity index (χ2v) is 8.32. The lowest BCUT2D eigenvalue weighted by atomic mass is 10.1. The number of carbonyl (C=O) groups excluding carboxylic acids is 2. The largest absolute Gasteiger partial charge is 0.496 e. The van der Waals surface area contributed by atoms with Crippen LogP contribution in [0.4, 0.5) is 14.5 Å². The zero-order valence-electron chi connectivity index (χ0n) is 20.9. The molecule has 0 unspecified atom stereocenters. The van der Waals surface area contributed by atoms with E-state index in [-0.39, 0.29) is 34.8 Å². The van der Waals surface area contributed by atoms with Gasteiger partial charge in [-0.2, -0.15) is 10.2 Å². The molecule has 13 heteroatoms. The van der Waals surface area contributed by atoms with Crippen LogP contribution in [-0.2, 0) is 13.1 Å². The van der Waals surface area contributed by atoms with E-state index in [0.29, 0.717) is 23.6 Å². The summed E-state index contributed by atoms with van der Waals surface area (Å²) >= 11 is 0. The molecule has 0 aliphatic rings. The van der Waals surface area contributed by atoms with Gasteiger partial charge in [-0.15, -0.1) is 0 Å². The molecule has 0 aliphatic carbocycles. The molecule has 4 aromatic heterocycles. The van der Waals surface area contributed by atoms with Gasteiger partial charge in [0.2, 0.25) is 0 Å². The van der Waals surface area contributed by atoms with Crippen LogP contribution in [-0.4, -0.2) is 43.3 Å². The Bertz CT molecular complexity index is 1640. The number of benzene rings is 1. The summed E-state index contributed by atoms with van der Waals surface area (Å²) in [4.78, 5) is 30.7. The van der Waals surface area contributed by atoms with Crippen LogP contribution in [0.5, 0.6) is 5.75 Å². The van der Waals surface area contributed by atoms with Gasteiger partial charge < -0.3 is 19.8 Å². The summed E-state index contributed by atoms with van der Waals surface area (Å²) in [5, 5.41) is 13.6. The van der Waals surface area contributed by atoms with E-state index in [0.717, 1.165) is 10.7 Å². The molecule has 200 valence electrons. The predicted octanol–water partition coefficient (Wildman–Crippen LogP) is 4.33. The highest BCUT2D eigenvalue weighted by Crippen LogP contribution is 2.32. The molecule has 0 saturated heterocycles. The average molecular weight is 536 g/mol. The number of nitrogens with one attached hydrogen (secondary N) is 2. The fourth-order valence-electron chi connectivity index (χ4n) is 3.99. The van der Waals surface area contributed by atoms with Gasteiger partial charge in [-0.25, -0.2) is 18.3 Å². The van der Waals surface area contributed by atoms with Crippen LogP contribution >= 0.6 is 0 Å². The number of para-hydroxylation sites is 1. The second kappa shape index (κ2) is 10.7. The van der Waals surface area contributed by atoms with Crippen molar-refractivity contribution in [3.8, 4) is 17.0 Å². The first-order chi connectivity index (χ1) is 18.9. The number of hydrogen-bond donors (Lipinski definition) is 2. The number of ether oxygens (including phenoxy) is 1. The molecule has 0 atom stereocenters. The monoisotopic (exact) mass is 535 g/mol. The third-order valence-corrected chi connectivity index (χ3v) is 5.90. The molecule has 1 aromatic carbocycles. The number of halogens is 2. The van der Waals surface area contributed by atoms with E-state index in [9.17, 15) is 18.4 Å². The number of carbonyl (C=O) groups is 2. The van der Waals surface area contributed by atoms with Crippen LogP contribution in [0.1, 0.15) is 45.6 Å². The SMILES string of the molecule is CCn1cc(NC(=O)c2cnn3c(C(F)F)cc(-c4ccccc4OC)nc23)c(C(=O)NCc2ccco2)n1. The van der Waals surface area contributed by atoms with E-state index < -0.39 is 23.9 Å². The van der Waals surface area contributed by atoms with E-state index in [1.54, 1.807) is 36.4 Å². The molecule has 39 heavy (non-hydrogen) atoms. The Morgan fingerprint density at radius 2 is 1.97 bits per heavy atom. The van der Waals surface area contributed by atoms with E-state index in [2.05, 4.69) is 25.8 Å². The van der Waals surface area contributed by atoms with Gasteiger partial charge in [-0.1, -0.05) is 12.1 Å². The molecular formula is C26H23F2N7O4. The summed E-state index contributed by atoms with van der Waals surface area (Å²) in [6, 6.07) is 11.4. The lowest BCUT2D eigenvalue weighted by molar-refractivity contribution is 0.0943. The van der Waals surface area contributed by atoms with Gasteiger partial charge in [0.1, 0.15) is 22.8 Å². The summed E-state index contributed by atoms with van der Waals surface area (Å²) in [6.45, 7) is 2.38. The minimum atomic E-state index is -2.90. The molecular weight excluding hydrogens is 512 g/mol. The Morgan fingerprint density at radius 1 is 1.15 bits per heavy atom. The average Bonchev–Trinajstić information content (AvgIpc) is 3.71. The molecule has 2 N–H and O–H groups in total. The Kier molecular flexibility index (Phi) is 7.04. The summed E-state index contributed by atoms with van der Waals surface area (Å²) in [6.07, 6.45) is 1.24. The minimum absolute atomic E-state index is 0.0239. The number of nitrogens with zero attached hydrogens (tertiary/aromatic N) is 5. The molecule has 5 rings (SSSR count). The van der Waals surface area contributed by atoms with E-state index in [1.165, 1.54) is 30.3 Å². The number of rotatable bonds is 9. The van der Waals surface area contributed by atoms with Crippen LogP contribution in [0.2, 0.25) is 0 Å². The number of furan rings is 1. The van der Waals surface area contributed by atoms with Crippen LogP contribution in [0.15, 0.2) is 65.5 Å². The topological polar surface area (TPSA) is 129 Å². The number of anilines is 1. The van der Waals surface area contributed by atoms with Crippen molar-refractivity contribution in [1.82, 2.24) is 29.7 Å². The first-order valence-electron chi connectivity index (χ1n) is 11.9. The van der Waals surface area contributed by atoms with Crippen molar-refractivity contribution in [3.05, 3.63) is 83.8 Å². The lowest BCUT2D eigenvalue weighted by Crippen LogP contribution is -2.25. The van der Waals surface area contributed by atoms with Crippen LogP contribution < -0.4 is 15.4 Å². The minimum Gasteiger partial charge on any atom is -0.496 e. The first kappa shape index (κ1) is 25.6. The molecule has 11 nitrogen and oxygen atoms in total. The maximum Gasteiger partial charge on any atom is 0.280 e. The van der Waals surface area contributed by atoms with Gasteiger partial charge in [0.15, 0.2) is 11.3 Å². The van der Waals surface area contributed by atoms with Crippen molar-refractivity contribution in [2.45, 2.75) is 26.4 Å². The van der Waals surface area contributed by atoms with Gasteiger partial charge in [0.25, 0.3) is 18.2 Å². The van der Waals surface area contributed by atoms with Gasteiger partial charge in [0, 0.05) is 18.3 Å². The molecule has 4 heterocycles. The maximum atomic E-state index is 14.0. The highest BCUT2D eigenvalue weighted by Gasteiger charge is 2.25. The van der Waals surface area contributed by atoms with Gasteiger partial charge in [-0.05, 0) is 37.3 Å². The van der Waals surface area contributed by atoms with Crippen LogP contribution in [0.25, 0.3) is 16.9 Å². The highest BCUT2D eigenvalue weighted by molar-refractivity contribution is 6.11. The standard InChI is InChI=1S/C26H23F2N7O4/c1-3-34-14-19(22(33-34)26(37)29-12-15-7-6-10-39-15)32-25(36)17-13-30-35-20(23(27)28)11-18(31-24(17)35)16-8-4-5-9-21(16)38-2/h4-11,13-14,23H,3,12H2,1-2H3,(H,29,37)(H,32,36). The van der Waals surface area contributed by atoms with Crippen molar-refractivity contribution < 1.29 is 27.5 Å². The number of hydrogen-bond acceptors (Lipinski definition) is 7. The number of amides is 2. The summed E-state index contributed by atoms with van der Waals surface area (Å²) in [5.74, 6) is -0.268. The first-order valence-corrected chi connectivity index (χ1v) is 11.9. The Morgan fingerprint density at radius 3 is 2.69 bits per heavy atom. The van der Waals surface area contributed by atoms with Gasteiger partial charge in [0.05, 0.1) is 37.5 Å². The van der Waals surface area contributed by atoms with E-state index in [1.807, 2.05) is 6.92 Å². The van der Waals surface area contributed by atoms with Gasteiger partial charge in [-0.3, -0.25) is 14.3 Å². The molecule has 5 aromatic rings. The normalized spacial score (nSPS) is 11.2. The molecule has 0 saturated carbocycles. The molecule has 0 fully saturated rings. The third-order valence-electron chi connectivity index (χ3n) is 5.90. The van der Waals surface area contributed by atoms with Crippen molar-refractivity contribution in [1.29, 1.82) is 0 Å². The van der Waals surface area contributed by atoms with Crippen LogP contribution in [0, 0.1) is 0 Å². The zero-order valence-corrected chi connectivity index (χ0v) is 20.9. The Labute approximate surface area is 220 Å². The molecule has 2 amide bonds. The molecule has 0 aliphatic heterocycles. The van der Waals surface area contributed by atoms with Gasteiger partial charge >= 0.3 is 0 Å². The van der Waals surface area contributed by atoms with Crippen molar-refractivity contribution in [2.24, 2.45) is 0 Å². The zero-order chi connectivity index (χ0) is 27.5. The third kappa shape index (κ3) is 5.06. The number of fused-ring (bicyclic) bond motifs is 1. The van der Waals surface area contributed by atoms with E-state index >= 15 is 0 Å². The number of aryl methyl sites for hydroxylation is 1. The molecule has 0 bridgehead atoms. The molecule has 0 spiro atoms. The second-order valence-electron chi connectivity index (χ2n) is 8.32. The lowest BCUT2D eigenvalue weighted by Gasteiger charge is -2.11. The number of aromatic nitrogens is 5. The van der Waals surface area contributed by atoms with Crippen molar-refractivity contribution in [3.63, 3.8) is 0 Å². The van der Waals surface area contributed by atoms with Crippen LogP contribution in [0.3, 0.4) is 0 Å². The summed E-state index contributed by atoms with van der Waals surface area (Å²) < 4.78 is 41.0. The summed E-state index contributed by atoms with van der Waals surface area (Å²) in [5.41, 5.74) is 0.157. The highest BCUT2D eigenvalue weighted by atomic mass is 19.3.